The van der Waals surface area contributed by atoms with Gasteiger partial charge in [0.15, 0.2) is 0 Å². The van der Waals surface area contributed by atoms with Gasteiger partial charge in [-0.3, -0.25) is 0 Å². The fourth-order valence-electron chi connectivity index (χ4n) is 0.361. The van der Waals surface area contributed by atoms with E-state index in [9.17, 15) is 4.79 Å². The molecule has 0 saturated heterocycles. The molecule has 0 N–H and O–H groups in total. The summed E-state index contributed by atoms with van der Waals surface area (Å²) in [6.07, 6.45) is 0. The Morgan fingerprint density at radius 3 is 2.56 bits per heavy atom. The lowest BCUT2D eigenvalue weighted by molar-refractivity contribution is 0.526. The Balaban J connectivity index is 2.98. The van der Waals surface area contributed by atoms with Crippen LogP contribution in [0, 0.1) is 0 Å². The predicted octanol–water partition coefficient (Wildman–Crippen LogP) is 0.162. The van der Waals surface area contributed by atoms with Gasteiger partial charge in [0.2, 0.25) is 0 Å². The Hall–Kier alpha value is -0.840. The van der Waals surface area contributed by atoms with Crippen LogP contribution in [-0.4, -0.2) is 18.5 Å². The molecule has 0 amide bonds. The van der Waals surface area contributed by atoms with Crippen molar-refractivity contribution in [2.75, 3.05) is 19.0 Å². The first-order valence-electron chi connectivity index (χ1n) is 2.34. The van der Waals surface area contributed by atoms with Gasteiger partial charge in [0.1, 0.15) is 0 Å². The maximum absolute atomic E-state index is 10.4. The third kappa shape index (κ3) is 1.29. The highest BCUT2D eigenvalue weighted by atomic mass is 32.1. The van der Waals surface area contributed by atoms with Crippen molar-refractivity contribution in [1.82, 2.24) is 4.37 Å². The molecule has 0 bridgehead atoms. The molecule has 5 heteroatoms. The number of nitrogens with zero attached hydrogens (tertiary/aromatic N) is 2. The molecule has 1 rings (SSSR count). The topological polar surface area (TPSA) is 46.3 Å². The Bertz CT molecular complexity index is 239. The van der Waals surface area contributed by atoms with Gasteiger partial charge in [0.05, 0.1) is 11.5 Å². The molecule has 0 unspecified atom stereocenters. The molecule has 1 heterocycles. The van der Waals surface area contributed by atoms with Crippen LogP contribution < -0.4 is 9.84 Å². The summed E-state index contributed by atoms with van der Waals surface area (Å²) in [6.45, 7) is 0. The maximum Gasteiger partial charge on any atom is 0.415 e. The van der Waals surface area contributed by atoms with Crippen LogP contribution in [0.5, 0.6) is 0 Å². The normalized spacial score (nSPS) is 9.56. The summed E-state index contributed by atoms with van der Waals surface area (Å²) >= 11 is 0.819. The molecule has 0 spiro atoms. The number of hydrogen-bond donors (Lipinski definition) is 0. The summed E-state index contributed by atoms with van der Waals surface area (Å²) in [6, 6.07) is 0.366. The zero-order valence-electron chi connectivity index (χ0n) is 5.12. The fraction of sp³-hybridized carbons (Fsp3) is 0.500. The van der Waals surface area contributed by atoms with Gasteiger partial charge in [-0.05, 0) is 0 Å². The molecule has 1 aromatic heterocycles. The summed E-state index contributed by atoms with van der Waals surface area (Å²) in [7, 11) is 3.52. The number of hydrogen-bond acceptors (Lipinski definition) is 5. The van der Waals surface area contributed by atoms with Gasteiger partial charge < -0.3 is 9.32 Å². The smallest absolute Gasteiger partial charge is 0.379 e. The van der Waals surface area contributed by atoms with Crippen LogP contribution in [0.25, 0.3) is 0 Å². The molecule has 0 aliphatic heterocycles. The Morgan fingerprint density at radius 1 is 1.67 bits per heavy atom. The lowest BCUT2D eigenvalue weighted by atomic mass is 10.9. The van der Waals surface area contributed by atoms with Crippen LogP contribution in [0.2, 0.25) is 0 Å². The standard InChI is InChI=1S/C4H6N2O2S/c1-6(2)3-5-9-4(7)8-3/h1-2H3. The largest absolute Gasteiger partial charge is 0.415 e. The summed E-state index contributed by atoms with van der Waals surface area (Å²) < 4.78 is 8.33. The second kappa shape index (κ2) is 2.18. The van der Waals surface area contributed by atoms with E-state index in [1.807, 2.05) is 0 Å². The molecule has 0 aliphatic rings. The SMILES string of the molecule is CN(C)c1nsc(=O)o1. The van der Waals surface area contributed by atoms with E-state index in [-0.39, 0.29) is 4.94 Å². The van der Waals surface area contributed by atoms with E-state index < -0.39 is 0 Å². The van der Waals surface area contributed by atoms with E-state index in [0.717, 1.165) is 11.5 Å². The van der Waals surface area contributed by atoms with Gasteiger partial charge in [-0.25, -0.2) is 4.79 Å². The third-order valence-electron chi connectivity index (χ3n) is 0.755. The van der Waals surface area contributed by atoms with Crippen molar-refractivity contribution in [3.8, 4) is 0 Å². The van der Waals surface area contributed by atoms with Crippen LogP contribution in [0.15, 0.2) is 9.21 Å². The average Bonchev–Trinajstić information content (AvgIpc) is 2.14. The maximum atomic E-state index is 10.4. The molecule has 1 aromatic rings. The Morgan fingerprint density at radius 2 is 2.33 bits per heavy atom. The Labute approximate surface area is 55.9 Å². The zero-order valence-corrected chi connectivity index (χ0v) is 5.94. The van der Waals surface area contributed by atoms with Crippen LogP contribution in [0.4, 0.5) is 6.01 Å². The highest BCUT2D eigenvalue weighted by molar-refractivity contribution is 7.02. The van der Waals surface area contributed by atoms with Crippen molar-refractivity contribution in [2.45, 2.75) is 0 Å². The summed E-state index contributed by atoms with van der Waals surface area (Å²) in [4.78, 5) is 11.6. The monoisotopic (exact) mass is 146 g/mol. The van der Waals surface area contributed by atoms with Crippen LogP contribution in [0.3, 0.4) is 0 Å². The van der Waals surface area contributed by atoms with E-state index in [2.05, 4.69) is 8.79 Å². The number of aromatic nitrogens is 1. The second-order valence-corrected chi connectivity index (χ2v) is 2.41. The summed E-state index contributed by atoms with van der Waals surface area (Å²) in [5.41, 5.74) is 0. The first-order chi connectivity index (χ1) is 4.20. The molecule has 0 radical (unpaired) electrons. The second-order valence-electron chi connectivity index (χ2n) is 1.71. The molecule has 0 atom stereocenters. The zero-order chi connectivity index (χ0) is 6.85. The quantitative estimate of drug-likeness (QED) is 0.566. The minimum absolute atomic E-state index is 0.362. The van der Waals surface area contributed by atoms with Gasteiger partial charge in [-0.2, -0.15) is 0 Å². The lowest BCUT2D eigenvalue weighted by Gasteiger charge is -2.01. The van der Waals surface area contributed by atoms with Crippen molar-refractivity contribution < 1.29 is 4.42 Å². The van der Waals surface area contributed by atoms with Gasteiger partial charge in [0.25, 0.3) is 0 Å². The highest BCUT2D eigenvalue weighted by Gasteiger charge is 2.00. The van der Waals surface area contributed by atoms with Crippen LogP contribution in [-0.2, 0) is 0 Å². The third-order valence-corrected chi connectivity index (χ3v) is 1.24. The highest BCUT2D eigenvalue weighted by Crippen LogP contribution is 2.02. The predicted molar refractivity (Wildman–Crippen MR) is 35.0 cm³/mol. The first kappa shape index (κ1) is 6.28. The van der Waals surface area contributed by atoms with Crippen LogP contribution >= 0.6 is 11.5 Å². The minimum Gasteiger partial charge on any atom is -0.379 e. The van der Waals surface area contributed by atoms with E-state index in [1.165, 1.54) is 0 Å². The molecule has 9 heavy (non-hydrogen) atoms. The fourth-order valence-corrected chi connectivity index (χ4v) is 0.826. The van der Waals surface area contributed by atoms with Crippen LogP contribution in [0.1, 0.15) is 0 Å². The molecule has 0 aliphatic carbocycles. The molecule has 0 fully saturated rings. The molecule has 0 saturated carbocycles. The van der Waals surface area contributed by atoms with Crippen molar-refractivity contribution >= 4 is 17.5 Å². The number of rotatable bonds is 1. The Kier molecular flexibility index (Phi) is 1.52. The molecule has 4 nitrogen and oxygen atoms in total. The van der Waals surface area contributed by atoms with Crippen molar-refractivity contribution in [3.63, 3.8) is 0 Å². The van der Waals surface area contributed by atoms with Gasteiger partial charge in [-0.1, -0.05) is 0 Å². The number of anilines is 1. The van der Waals surface area contributed by atoms with Crippen molar-refractivity contribution in [1.29, 1.82) is 0 Å². The van der Waals surface area contributed by atoms with Crippen molar-refractivity contribution in [3.05, 3.63) is 9.73 Å². The summed E-state index contributed by atoms with van der Waals surface area (Å²) in [5, 5.41) is 0. The minimum atomic E-state index is -0.362. The first-order valence-corrected chi connectivity index (χ1v) is 3.11. The molecule has 50 valence electrons. The molecule has 0 aromatic carbocycles. The van der Waals surface area contributed by atoms with Crippen molar-refractivity contribution in [2.24, 2.45) is 0 Å². The van der Waals surface area contributed by atoms with E-state index >= 15 is 0 Å². The average molecular weight is 146 g/mol. The molecular weight excluding hydrogens is 140 g/mol. The lowest BCUT2D eigenvalue weighted by Crippen LogP contribution is -2.08. The van der Waals surface area contributed by atoms with Gasteiger partial charge >= 0.3 is 11.0 Å². The van der Waals surface area contributed by atoms with E-state index in [1.54, 1.807) is 19.0 Å². The van der Waals surface area contributed by atoms with Gasteiger partial charge in [-0.15, -0.1) is 4.37 Å². The van der Waals surface area contributed by atoms with E-state index in [4.69, 9.17) is 0 Å². The van der Waals surface area contributed by atoms with Gasteiger partial charge in [0, 0.05) is 14.1 Å². The molecular formula is C4H6N2O2S. The summed E-state index contributed by atoms with van der Waals surface area (Å²) in [5.74, 6) is 0. The van der Waals surface area contributed by atoms with E-state index in [0.29, 0.717) is 6.01 Å².